The second-order valence-corrected chi connectivity index (χ2v) is 5.66. The summed E-state index contributed by atoms with van der Waals surface area (Å²) in [4.78, 5) is 0. The van der Waals surface area contributed by atoms with Crippen molar-refractivity contribution in [3.63, 3.8) is 0 Å². The zero-order chi connectivity index (χ0) is 14.0. The van der Waals surface area contributed by atoms with Crippen molar-refractivity contribution >= 4 is 0 Å². The molecule has 4 nitrogen and oxygen atoms in total. The lowest BCUT2D eigenvalue weighted by Gasteiger charge is -2.28. The van der Waals surface area contributed by atoms with Gasteiger partial charge in [-0.3, -0.25) is 0 Å². The van der Waals surface area contributed by atoms with E-state index in [0.717, 1.165) is 31.2 Å². The van der Waals surface area contributed by atoms with Crippen molar-refractivity contribution in [3.05, 3.63) is 17.7 Å². The summed E-state index contributed by atoms with van der Waals surface area (Å²) in [6, 6.07) is 3.58. The molecule has 0 aliphatic heterocycles. The number of phenols is 2. The molecule has 1 aromatic rings. The van der Waals surface area contributed by atoms with Crippen LogP contribution in [0.5, 0.6) is 17.2 Å². The lowest BCUT2D eigenvalue weighted by Crippen LogP contribution is -2.31. The third kappa shape index (κ3) is 3.13. The predicted octanol–water partition coefficient (Wildman–Crippen LogP) is 2.87. The lowest BCUT2D eigenvalue weighted by atomic mass is 9.93. The average Bonchev–Trinajstić information content (AvgIpc) is 2.37. The molecule has 4 N–H and O–H groups in total. The van der Waals surface area contributed by atoms with Crippen LogP contribution in [0.25, 0.3) is 0 Å². The van der Waals surface area contributed by atoms with Gasteiger partial charge in [-0.05, 0) is 37.7 Å². The van der Waals surface area contributed by atoms with Crippen LogP contribution in [0.15, 0.2) is 12.1 Å². The predicted molar refractivity (Wildman–Crippen MR) is 74.7 cm³/mol. The van der Waals surface area contributed by atoms with Crippen LogP contribution in [-0.4, -0.2) is 22.4 Å². The Hall–Kier alpha value is -1.42. The van der Waals surface area contributed by atoms with Crippen LogP contribution in [0.1, 0.15) is 51.0 Å². The number of phenolic OH excluding ortho intramolecular Hbond substituents is 2. The van der Waals surface area contributed by atoms with Crippen molar-refractivity contribution in [2.24, 2.45) is 5.73 Å². The summed E-state index contributed by atoms with van der Waals surface area (Å²) in [6.45, 7) is 4.07. The van der Waals surface area contributed by atoms with Crippen molar-refractivity contribution in [1.29, 1.82) is 0 Å². The molecule has 1 aliphatic carbocycles. The molecule has 0 radical (unpaired) electrons. The summed E-state index contributed by atoms with van der Waals surface area (Å²) < 4.78 is 5.94. The highest BCUT2D eigenvalue weighted by Gasteiger charge is 2.24. The quantitative estimate of drug-likeness (QED) is 0.734. The van der Waals surface area contributed by atoms with Gasteiger partial charge in [0.1, 0.15) is 0 Å². The first-order valence-corrected chi connectivity index (χ1v) is 6.96. The minimum Gasteiger partial charge on any atom is -0.504 e. The van der Waals surface area contributed by atoms with E-state index in [4.69, 9.17) is 10.5 Å². The van der Waals surface area contributed by atoms with Crippen LogP contribution >= 0.6 is 0 Å². The highest BCUT2D eigenvalue weighted by molar-refractivity contribution is 5.55. The Morgan fingerprint density at radius 3 is 2.37 bits per heavy atom. The molecule has 19 heavy (non-hydrogen) atoms. The summed E-state index contributed by atoms with van der Waals surface area (Å²) in [7, 11) is 0. The molecule has 1 aromatic carbocycles. The van der Waals surface area contributed by atoms with Crippen LogP contribution in [0.3, 0.4) is 0 Å². The van der Waals surface area contributed by atoms with Gasteiger partial charge in [0, 0.05) is 11.6 Å². The number of hydrogen-bond donors (Lipinski definition) is 3. The summed E-state index contributed by atoms with van der Waals surface area (Å²) in [5.41, 5.74) is 6.80. The lowest BCUT2D eigenvalue weighted by molar-refractivity contribution is 0.140. The van der Waals surface area contributed by atoms with E-state index in [9.17, 15) is 10.2 Å². The topological polar surface area (TPSA) is 75.7 Å². The molecule has 106 valence electrons. The number of hydrogen-bond acceptors (Lipinski definition) is 4. The first-order chi connectivity index (χ1) is 8.99. The third-order valence-electron chi connectivity index (χ3n) is 3.77. The summed E-state index contributed by atoms with van der Waals surface area (Å²) in [5.74, 6) is 0.371. The first-order valence-electron chi connectivity index (χ1n) is 6.96. The van der Waals surface area contributed by atoms with Gasteiger partial charge in [0.2, 0.25) is 5.75 Å². The summed E-state index contributed by atoms with van der Waals surface area (Å²) in [6.07, 6.45) is 3.76. The van der Waals surface area contributed by atoms with E-state index in [0.29, 0.717) is 5.75 Å². The summed E-state index contributed by atoms with van der Waals surface area (Å²) in [5, 5.41) is 19.6. The van der Waals surface area contributed by atoms with Crippen molar-refractivity contribution in [2.45, 2.75) is 57.6 Å². The van der Waals surface area contributed by atoms with Gasteiger partial charge in [-0.25, -0.2) is 0 Å². The van der Waals surface area contributed by atoms with Gasteiger partial charge >= 0.3 is 0 Å². The van der Waals surface area contributed by atoms with Gasteiger partial charge in [-0.15, -0.1) is 0 Å². The fourth-order valence-electron chi connectivity index (χ4n) is 2.53. The Morgan fingerprint density at radius 1 is 1.16 bits per heavy atom. The van der Waals surface area contributed by atoms with Crippen molar-refractivity contribution in [1.82, 2.24) is 0 Å². The molecule has 0 heterocycles. The molecule has 0 unspecified atom stereocenters. The number of rotatable bonds is 3. The van der Waals surface area contributed by atoms with E-state index in [-0.39, 0.29) is 29.6 Å². The maximum atomic E-state index is 10.0. The molecular formula is C15H23NO3. The Morgan fingerprint density at radius 2 is 1.79 bits per heavy atom. The minimum absolute atomic E-state index is 0.0741. The maximum absolute atomic E-state index is 10.0. The van der Waals surface area contributed by atoms with Crippen LogP contribution in [-0.2, 0) is 0 Å². The Balaban J connectivity index is 2.20. The molecular weight excluding hydrogens is 242 g/mol. The van der Waals surface area contributed by atoms with Crippen LogP contribution in [0.4, 0.5) is 0 Å². The second kappa shape index (κ2) is 5.70. The second-order valence-electron chi connectivity index (χ2n) is 5.66. The fourth-order valence-corrected chi connectivity index (χ4v) is 2.53. The molecule has 0 aromatic heterocycles. The standard InChI is InChI=1S/C15H23NO3/c1-9(2)12-7-8-13(17)14(18)15(12)19-11-5-3-10(16)4-6-11/h7-11,17-18H,3-6,16H2,1-2H3. The van der Waals surface area contributed by atoms with Crippen molar-refractivity contribution < 1.29 is 14.9 Å². The fraction of sp³-hybridized carbons (Fsp3) is 0.600. The molecule has 0 atom stereocenters. The van der Waals surface area contributed by atoms with Crippen LogP contribution in [0.2, 0.25) is 0 Å². The molecule has 1 aliphatic rings. The highest BCUT2D eigenvalue weighted by atomic mass is 16.5. The molecule has 0 spiro atoms. The molecule has 0 bridgehead atoms. The molecule has 1 saturated carbocycles. The highest BCUT2D eigenvalue weighted by Crippen LogP contribution is 2.42. The van der Waals surface area contributed by atoms with Gasteiger partial charge in [-0.2, -0.15) is 0 Å². The van der Waals surface area contributed by atoms with Gasteiger partial charge in [0.25, 0.3) is 0 Å². The average molecular weight is 265 g/mol. The smallest absolute Gasteiger partial charge is 0.200 e. The van der Waals surface area contributed by atoms with Gasteiger partial charge in [0.15, 0.2) is 11.5 Å². The SMILES string of the molecule is CC(C)c1ccc(O)c(O)c1OC1CCC(N)CC1. The van der Waals surface area contributed by atoms with E-state index in [1.807, 2.05) is 19.9 Å². The van der Waals surface area contributed by atoms with Crippen molar-refractivity contribution in [3.8, 4) is 17.2 Å². The zero-order valence-electron chi connectivity index (χ0n) is 11.6. The van der Waals surface area contributed by atoms with E-state index in [1.165, 1.54) is 6.07 Å². The Kier molecular flexibility index (Phi) is 4.20. The molecule has 2 rings (SSSR count). The minimum atomic E-state index is -0.152. The largest absolute Gasteiger partial charge is 0.504 e. The van der Waals surface area contributed by atoms with E-state index in [2.05, 4.69) is 0 Å². The monoisotopic (exact) mass is 265 g/mol. The maximum Gasteiger partial charge on any atom is 0.200 e. The zero-order valence-corrected chi connectivity index (χ0v) is 11.6. The number of benzene rings is 1. The first kappa shape index (κ1) is 14.0. The third-order valence-corrected chi connectivity index (χ3v) is 3.77. The van der Waals surface area contributed by atoms with Gasteiger partial charge in [0.05, 0.1) is 6.10 Å². The molecule has 0 amide bonds. The number of aromatic hydroxyl groups is 2. The van der Waals surface area contributed by atoms with E-state index < -0.39 is 0 Å². The van der Waals surface area contributed by atoms with Crippen LogP contribution in [0, 0.1) is 0 Å². The molecule has 0 saturated heterocycles. The molecule has 4 heteroatoms. The Bertz CT molecular complexity index is 437. The van der Waals surface area contributed by atoms with E-state index >= 15 is 0 Å². The normalized spacial score (nSPS) is 23.6. The Labute approximate surface area is 114 Å². The van der Waals surface area contributed by atoms with E-state index in [1.54, 1.807) is 0 Å². The van der Waals surface area contributed by atoms with Gasteiger partial charge in [-0.1, -0.05) is 19.9 Å². The van der Waals surface area contributed by atoms with Crippen molar-refractivity contribution in [2.75, 3.05) is 0 Å². The van der Waals surface area contributed by atoms with Gasteiger partial charge < -0.3 is 20.7 Å². The molecule has 1 fully saturated rings. The number of nitrogens with two attached hydrogens (primary N) is 1. The number of ether oxygens (including phenoxy) is 1. The summed E-state index contributed by atoms with van der Waals surface area (Å²) >= 11 is 0. The van der Waals surface area contributed by atoms with Crippen LogP contribution < -0.4 is 10.5 Å².